The zero-order valence-electron chi connectivity index (χ0n) is 6.34. The van der Waals surface area contributed by atoms with Gasteiger partial charge < -0.3 is 10.4 Å². The van der Waals surface area contributed by atoms with Crippen molar-refractivity contribution in [3.05, 3.63) is 32.2 Å². The van der Waals surface area contributed by atoms with Crippen LogP contribution in [0.3, 0.4) is 0 Å². The summed E-state index contributed by atoms with van der Waals surface area (Å²) in [6.45, 7) is 0. The van der Waals surface area contributed by atoms with E-state index in [2.05, 4.69) is 37.2 Å². The Morgan fingerprint density at radius 1 is 1.31 bits per heavy atom. The summed E-state index contributed by atoms with van der Waals surface area (Å²) in [7, 11) is 0. The van der Waals surface area contributed by atoms with Crippen molar-refractivity contribution in [2.75, 3.05) is 0 Å². The maximum Gasteiger partial charge on any atom is 0.255 e. The molecule has 2 rings (SSSR count). The molecule has 1 heterocycles. The van der Waals surface area contributed by atoms with Gasteiger partial charge in [-0.2, -0.15) is 0 Å². The Bertz CT molecular complexity index is 392. The van der Waals surface area contributed by atoms with E-state index in [9.17, 15) is 9.90 Å². The van der Waals surface area contributed by atoms with Gasteiger partial charge in [0.05, 0.1) is 5.56 Å². The van der Waals surface area contributed by atoms with E-state index in [-0.39, 0.29) is 5.91 Å². The molecule has 1 aliphatic heterocycles. The van der Waals surface area contributed by atoms with Crippen molar-refractivity contribution in [3.63, 3.8) is 0 Å². The monoisotopic (exact) mass is 305 g/mol. The van der Waals surface area contributed by atoms with Gasteiger partial charge in [-0.3, -0.25) is 4.79 Å². The van der Waals surface area contributed by atoms with Crippen LogP contribution in [0.25, 0.3) is 0 Å². The summed E-state index contributed by atoms with van der Waals surface area (Å²) in [5.41, 5.74) is 1.10. The van der Waals surface area contributed by atoms with Crippen molar-refractivity contribution >= 4 is 37.8 Å². The van der Waals surface area contributed by atoms with Gasteiger partial charge in [0.1, 0.15) is 0 Å². The summed E-state index contributed by atoms with van der Waals surface area (Å²) in [4.78, 5) is 11.3. The van der Waals surface area contributed by atoms with E-state index < -0.39 is 6.23 Å². The fourth-order valence-corrected chi connectivity index (χ4v) is 2.41. The lowest BCUT2D eigenvalue weighted by atomic mass is 10.1. The highest BCUT2D eigenvalue weighted by Gasteiger charge is 2.30. The van der Waals surface area contributed by atoms with Crippen LogP contribution in [0.15, 0.2) is 21.1 Å². The summed E-state index contributed by atoms with van der Waals surface area (Å²) >= 11 is 6.53. The lowest BCUT2D eigenvalue weighted by molar-refractivity contribution is 0.0849. The molecule has 5 heteroatoms. The molecule has 0 saturated heterocycles. The zero-order chi connectivity index (χ0) is 9.59. The Morgan fingerprint density at radius 2 is 1.92 bits per heavy atom. The molecule has 1 aromatic carbocycles. The van der Waals surface area contributed by atoms with E-state index in [1.165, 1.54) is 0 Å². The average molecular weight is 307 g/mol. The van der Waals surface area contributed by atoms with Gasteiger partial charge in [0.2, 0.25) is 0 Å². The van der Waals surface area contributed by atoms with Crippen molar-refractivity contribution in [2.24, 2.45) is 0 Å². The molecule has 0 radical (unpaired) electrons. The molecule has 3 nitrogen and oxygen atoms in total. The Labute approximate surface area is 91.4 Å². The number of aliphatic hydroxyl groups excluding tert-OH is 1. The molecule has 2 N–H and O–H groups in total. The van der Waals surface area contributed by atoms with Gasteiger partial charge in [-0.1, -0.05) is 15.9 Å². The predicted molar refractivity (Wildman–Crippen MR) is 54.3 cm³/mol. The van der Waals surface area contributed by atoms with E-state index in [0.29, 0.717) is 15.6 Å². The third kappa shape index (κ3) is 1.31. The van der Waals surface area contributed by atoms with Crippen LogP contribution in [0, 0.1) is 0 Å². The molecule has 0 bridgehead atoms. The van der Waals surface area contributed by atoms with E-state index >= 15 is 0 Å². The maximum atomic E-state index is 11.3. The third-order valence-corrected chi connectivity index (χ3v) is 3.26. The molecule has 1 aromatic rings. The molecule has 0 saturated carbocycles. The second kappa shape index (κ2) is 3.08. The summed E-state index contributed by atoms with van der Waals surface area (Å²) in [6, 6.07) is 3.55. The van der Waals surface area contributed by atoms with Crippen LogP contribution in [0.5, 0.6) is 0 Å². The maximum absolute atomic E-state index is 11.3. The Morgan fingerprint density at radius 3 is 2.54 bits per heavy atom. The number of halogens is 2. The van der Waals surface area contributed by atoms with Crippen LogP contribution >= 0.6 is 31.9 Å². The second-order valence-corrected chi connectivity index (χ2v) is 4.40. The van der Waals surface area contributed by atoms with Gasteiger partial charge in [0, 0.05) is 14.5 Å². The quantitative estimate of drug-likeness (QED) is 0.769. The lowest BCUT2D eigenvalue weighted by Crippen LogP contribution is -2.18. The summed E-state index contributed by atoms with van der Waals surface area (Å²) in [5, 5.41) is 11.9. The normalized spacial score (nSPS) is 19.9. The minimum Gasteiger partial charge on any atom is -0.369 e. The van der Waals surface area contributed by atoms with Crippen molar-refractivity contribution in [3.8, 4) is 0 Å². The van der Waals surface area contributed by atoms with Crippen LogP contribution in [0.1, 0.15) is 22.1 Å². The first-order valence-corrected chi connectivity index (χ1v) is 5.16. The van der Waals surface area contributed by atoms with Gasteiger partial charge in [-0.25, -0.2) is 0 Å². The predicted octanol–water partition coefficient (Wildman–Crippen LogP) is 1.95. The molecule has 0 fully saturated rings. The number of carbonyl (C=O) groups is 1. The van der Waals surface area contributed by atoms with Gasteiger partial charge in [-0.05, 0) is 28.1 Å². The first kappa shape index (κ1) is 9.18. The average Bonchev–Trinajstić information content (AvgIpc) is 2.36. The molecule has 1 amide bonds. The first-order chi connectivity index (χ1) is 6.11. The highest BCUT2D eigenvalue weighted by Crippen LogP contribution is 2.35. The molecule has 0 unspecified atom stereocenters. The molecule has 0 aliphatic carbocycles. The third-order valence-electron chi connectivity index (χ3n) is 1.91. The van der Waals surface area contributed by atoms with Gasteiger partial charge >= 0.3 is 0 Å². The number of fused-ring (bicyclic) bond motifs is 1. The van der Waals surface area contributed by atoms with E-state index in [1.54, 1.807) is 12.1 Å². The van der Waals surface area contributed by atoms with E-state index in [0.717, 1.165) is 4.47 Å². The van der Waals surface area contributed by atoms with Crippen molar-refractivity contribution in [2.45, 2.75) is 6.23 Å². The lowest BCUT2D eigenvalue weighted by Gasteiger charge is -2.05. The zero-order valence-corrected chi connectivity index (χ0v) is 9.52. The van der Waals surface area contributed by atoms with Crippen LogP contribution in [-0.2, 0) is 0 Å². The Balaban J connectivity index is 2.74. The number of hydrogen-bond donors (Lipinski definition) is 2. The number of aliphatic hydroxyl groups is 1. The number of hydrogen-bond acceptors (Lipinski definition) is 2. The molecule has 68 valence electrons. The van der Waals surface area contributed by atoms with Crippen LogP contribution in [-0.4, -0.2) is 11.0 Å². The van der Waals surface area contributed by atoms with E-state index in [4.69, 9.17) is 0 Å². The van der Waals surface area contributed by atoms with E-state index in [1.807, 2.05) is 0 Å². The molecule has 13 heavy (non-hydrogen) atoms. The van der Waals surface area contributed by atoms with Crippen LogP contribution in [0.2, 0.25) is 0 Å². The minimum atomic E-state index is -0.908. The van der Waals surface area contributed by atoms with Crippen molar-refractivity contribution in [1.82, 2.24) is 5.32 Å². The molecule has 1 aliphatic rings. The van der Waals surface area contributed by atoms with Gasteiger partial charge in [0.15, 0.2) is 6.23 Å². The number of amides is 1. The number of benzene rings is 1. The van der Waals surface area contributed by atoms with Crippen LogP contribution in [0.4, 0.5) is 0 Å². The smallest absolute Gasteiger partial charge is 0.255 e. The SMILES string of the molecule is O=C1N[C@H](O)c2c(Br)ccc(Br)c21. The standard InChI is InChI=1S/C8H5Br2NO2/c9-3-1-2-4(10)6-5(3)7(12)11-8(6)13/h1-2,7,12H,(H,11,13)/t7-/m1/s1. The summed E-state index contributed by atoms with van der Waals surface area (Å²) in [6.07, 6.45) is -0.908. The first-order valence-electron chi connectivity index (χ1n) is 3.58. The molecule has 0 aromatic heterocycles. The van der Waals surface area contributed by atoms with Crippen molar-refractivity contribution in [1.29, 1.82) is 0 Å². The molecule has 1 atom stereocenters. The van der Waals surface area contributed by atoms with Crippen LogP contribution < -0.4 is 5.32 Å². The number of nitrogens with one attached hydrogen (secondary N) is 1. The van der Waals surface area contributed by atoms with Gasteiger partial charge in [0.25, 0.3) is 5.91 Å². The minimum absolute atomic E-state index is 0.254. The molecular formula is C8H5Br2NO2. The molecule has 0 spiro atoms. The Kier molecular flexibility index (Phi) is 2.17. The van der Waals surface area contributed by atoms with Gasteiger partial charge in [-0.15, -0.1) is 0 Å². The molecular weight excluding hydrogens is 302 g/mol. The number of carbonyl (C=O) groups excluding carboxylic acids is 1. The number of rotatable bonds is 0. The summed E-state index contributed by atoms with van der Waals surface area (Å²) in [5.74, 6) is -0.254. The highest BCUT2D eigenvalue weighted by molar-refractivity contribution is 9.11. The highest BCUT2D eigenvalue weighted by atomic mass is 79.9. The van der Waals surface area contributed by atoms with Crippen molar-refractivity contribution < 1.29 is 9.90 Å². The fourth-order valence-electron chi connectivity index (χ4n) is 1.33. The topological polar surface area (TPSA) is 49.3 Å². The Hall–Kier alpha value is -0.390. The second-order valence-electron chi connectivity index (χ2n) is 2.69. The largest absolute Gasteiger partial charge is 0.369 e. The summed E-state index contributed by atoms with van der Waals surface area (Å²) < 4.78 is 1.43. The fraction of sp³-hybridized carbons (Fsp3) is 0.125.